The Morgan fingerprint density at radius 1 is 1.28 bits per heavy atom. The van der Waals surface area contributed by atoms with E-state index < -0.39 is 11.4 Å². The predicted molar refractivity (Wildman–Crippen MR) is 68.5 cm³/mol. The largest absolute Gasteiger partial charge is 0.481 e. The van der Waals surface area contributed by atoms with Gasteiger partial charge in [0.2, 0.25) is 0 Å². The van der Waals surface area contributed by atoms with Crippen molar-refractivity contribution in [2.24, 2.45) is 5.41 Å². The van der Waals surface area contributed by atoms with Gasteiger partial charge in [-0.1, -0.05) is 0 Å². The quantitative estimate of drug-likeness (QED) is 0.647. The van der Waals surface area contributed by atoms with Gasteiger partial charge in [0.1, 0.15) is 0 Å². The van der Waals surface area contributed by atoms with Crippen molar-refractivity contribution in [1.82, 2.24) is 15.5 Å². The maximum atomic E-state index is 11.6. The van der Waals surface area contributed by atoms with Crippen LogP contribution in [0, 0.1) is 5.41 Å². The van der Waals surface area contributed by atoms with E-state index in [1.807, 2.05) is 32.8 Å². The molecule has 6 nitrogen and oxygen atoms in total. The Balaban J connectivity index is 2.29. The lowest BCUT2D eigenvalue weighted by molar-refractivity contribution is -0.143. The number of likely N-dealkylation sites (N-methyl/N-ethyl adjacent to an activating group) is 1. The highest BCUT2D eigenvalue weighted by molar-refractivity contribution is 5.80. The van der Waals surface area contributed by atoms with Gasteiger partial charge in [-0.15, -0.1) is 0 Å². The Hall–Kier alpha value is -1.30. The first-order valence-corrected chi connectivity index (χ1v) is 6.12. The lowest BCUT2D eigenvalue weighted by Gasteiger charge is -2.32. The van der Waals surface area contributed by atoms with E-state index in [2.05, 4.69) is 10.6 Å². The average Bonchev–Trinajstić information content (AvgIpc) is 3.04. The fraction of sp³-hybridized carbons (Fsp3) is 0.833. The summed E-state index contributed by atoms with van der Waals surface area (Å²) in [6.45, 7) is 4.75. The molecule has 3 N–H and O–H groups in total. The number of hydrogen-bond donors (Lipinski definition) is 3. The van der Waals surface area contributed by atoms with Crippen LogP contribution in [0.25, 0.3) is 0 Å². The number of hydrogen-bond acceptors (Lipinski definition) is 3. The zero-order valence-electron chi connectivity index (χ0n) is 11.5. The third kappa shape index (κ3) is 3.60. The van der Waals surface area contributed by atoms with Gasteiger partial charge >= 0.3 is 12.0 Å². The van der Waals surface area contributed by atoms with Gasteiger partial charge in [0.05, 0.1) is 5.41 Å². The summed E-state index contributed by atoms with van der Waals surface area (Å²) in [5, 5.41) is 14.4. The lowest BCUT2D eigenvalue weighted by atomic mass is 10.0. The second kappa shape index (κ2) is 5.14. The minimum atomic E-state index is -0.823. The number of carbonyl (C=O) groups excluding carboxylic acids is 1. The minimum Gasteiger partial charge on any atom is -0.481 e. The summed E-state index contributed by atoms with van der Waals surface area (Å²) >= 11 is 0. The Bertz CT molecular complexity index is 335. The maximum Gasteiger partial charge on any atom is 0.314 e. The fourth-order valence-corrected chi connectivity index (χ4v) is 1.38. The van der Waals surface area contributed by atoms with Crippen LogP contribution in [0.3, 0.4) is 0 Å². The highest BCUT2D eigenvalue weighted by Crippen LogP contribution is 2.45. The second-order valence-corrected chi connectivity index (χ2v) is 5.83. The number of urea groups is 1. The monoisotopic (exact) mass is 257 g/mol. The molecule has 0 radical (unpaired) electrons. The van der Waals surface area contributed by atoms with Gasteiger partial charge in [-0.3, -0.25) is 4.79 Å². The van der Waals surface area contributed by atoms with Gasteiger partial charge in [-0.2, -0.15) is 0 Å². The summed E-state index contributed by atoms with van der Waals surface area (Å²) in [5.41, 5.74) is -0.851. The number of carboxylic acids is 1. The van der Waals surface area contributed by atoms with Crippen LogP contribution in [-0.2, 0) is 4.79 Å². The van der Waals surface area contributed by atoms with E-state index in [-0.39, 0.29) is 18.1 Å². The molecular formula is C12H23N3O3. The molecule has 18 heavy (non-hydrogen) atoms. The van der Waals surface area contributed by atoms with Crippen LogP contribution in [0.5, 0.6) is 0 Å². The molecule has 0 aromatic heterocycles. The summed E-state index contributed by atoms with van der Waals surface area (Å²) < 4.78 is 0. The van der Waals surface area contributed by atoms with Crippen LogP contribution in [-0.4, -0.2) is 54.7 Å². The number of nitrogens with one attached hydrogen (secondary N) is 2. The standard InChI is InChI=1S/C12H23N3O3/c1-11(2,15(3)4)7-13-10(18)14-8-12(5-6-12)9(16)17/h5-8H2,1-4H3,(H,16,17)(H2,13,14,18). The van der Waals surface area contributed by atoms with Crippen molar-refractivity contribution in [1.29, 1.82) is 0 Å². The molecule has 0 aromatic rings. The topological polar surface area (TPSA) is 81.7 Å². The number of nitrogens with zero attached hydrogens (tertiary/aromatic N) is 1. The first kappa shape index (κ1) is 14.8. The molecule has 0 saturated heterocycles. The summed E-state index contributed by atoms with van der Waals surface area (Å²) in [5.74, 6) is -0.823. The van der Waals surface area contributed by atoms with E-state index in [1.165, 1.54) is 0 Å². The Kier molecular flexibility index (Phi) is 4.21. The van der Waals surface area contributed by atoms with Gasteiger partial charge in [0.15, 0.2) is 0 Å². The van der Waals surface area contributed by atoms with E-state index >= 15 is 0 Å². The van der Waals surface area contributed by atoms with E-state index in [0.29, 0.717) is 19.4 Å². The van der Waals surface area contributed by atoms with Crippen molar-refractivity contribution >= 4 is 12.0 Å². The van der Waals surface area contributed by atoms with Crippen LogP contribution in [0.15, 0.2) is 0 Å². The molecule has 6 heteroatoms. The molecule has 0 heterocycles. The first-order chi connectivity index (χ1) is 8.19. The molecule has 0 spiro atoms. The molecule has 1 rings (SSSR count). The summed E-state index contributed by atoms with van der Waals surface area (Å²) in [6.07, 6.45) is 1.29. The molecular weight excluding hydrogens is 234 g/mol. The van der Waals surface area contributed by atoms with E-state index in [4.69, 9.17) is 5.11 Å². The predicted octanol–water partition coefficient (Wildman–Crippen LogP) is 0.491. The van der Waals surface area contributed by atoms with Crippen LogP contribution >= 0.6 is 0 Å². The SMILES string of the molecule is CN(C)C(C)(C)CNC(=O)NCC1(C(=O)O)CC1. The van der Waals surface area contributed by atoms with Gasteiger partial charge in [0, 0.05) is 18.6 Å². The van der Waals surface area contributed by atoms with Crippen LogP contribution in [0.2, 0.25) is 0 Å². The van der Waals surface area contributed by atoms with E-state index in [0.717, 1.165) is 0 Å². The molecule has 0 bridgehead atoms. The molecule has 0 unspecified atom stereocenters. The molecule has 0 aliphatic heterocycles. The molecule has 1 aliphatic rings. The minimum absolute atomic E-state index is 0.137. The fourth-order valence-electron chi connectivity index (χ4n) is 1.38. The zero-order valence-corrected chi connectivity index (χ0v) is 11.5. The Morgan fingerprint density at radius 3 is 2.22 bits per heavy atom. The smallest absolute Gasteiger partial charge is 0.314 e. The zero-order chi connectivity index (χ0) is 14.0. The molecule has 1 saturated carbocycles. The van der Waals surface area contributed by atoms with Crippen molar-refractivity contribution in [3.8, 4) is 0 Å². The number of carbonyl (C=O) groups is 2. The molecule has 2 amide bonds. The van der Waals surface area contributed by atoms with Crippen molar-refractivity contribution in [2.75, 3.05) is 27.2 Å². The number of amides is 2. The first-order valence-electron chi connectivity index (χ1n) is 6.12. The van der Waals surface area contributed by atoms with Gasteiger partial charge in [-0.25, -0.2) is 4.79 Å². The summed E-state index contributed by atoms with van der Waals surface area (Å²) in [4.78, 5) is 24.5. The highest BCUT2D eigenvalue weighted by atomic mass is 16.4. The average molecular weight is 257 g/mol. The molecule has 104 valence electrons. The summed E-state index contributed by atoms with van der Waals surface area (Å²) in [7, 11) is 3.90. The number of carboxylic acid groups (broad SMARTS) is 1. The summed E-state index contributed by atoms with van der Waals surface area (Å²) in [6, 6.07) is -0.308. The molecule has 1 fully saturated rings. The lowest BCUT2D eigenvalue weighted by Crippen LogP contribution is -2.51. The number of rotatable bonds is 6. The van der Waals surface area contributed by atoms with Crippen LogP contribution in [0.1, 0.15) is 26.7 Å². The second-order valence-electron chi connectivity index (χ2n) is 5.83. The van der Waals surface area contributed by atoms with Crippen LogP contribution < -0.4 is 10.6 Å². The third-order valence-corrected chi connectivity index (χ3v) is 3.79. The normalized spacial score (nSPS) is 17.4. The van der Waals surface area contributed by atoms with E-state index in [9.17, 15) is 9.59 Å². The number of aliphatic carboxylic acids is 1. The molecule has 0 aromatic carbocycles. The van der Waals surface area contributed by atoms with Crippen molar-refractivity contribution < 1.29 is 14.7 Å². The Morgan fingerprint density at radius 2 is 1.83 bits per heavy atom. The van der Waals surface area contributed by atoms with Crippen molar-refractivity contribution in [3.63, 3.8) is 0 Å². The Labute approximate surface area is 108 Å². The van der Waals surface area contributed by atoms with Gasteiger partial charge < -0.3 is 20.6 Å². The van der Waals surface area contributed by atoms with E-state index in [1.54, 1.807) is 0 Å². The molecule has 0 atom stereocenters. The van der Waals surface area contributed by atoms with Crippen molar-refractivity contribution in [3.05, 3.63) is 0 Å². The van der Waals surface area contributed by atoms with Gasteiger partial charge in [0.25, 0.3) is 0 Å². The van der Waals surface area contributed by atoms with Crippen molar-refractivity contribution in [2.45, 2.75) is 32.2 Å². The highest BCUT2D eigenvalue weighted by Gasteiger charge is 2.50. The van der Waals surface area contributed by atoms with Gasteiger partial charge in [-0.05, 0) is 40.8 Å². The maximum absolute atomic E-state index is 11.6. The molecule has 1 aliphatic carbocycles. The van der Waals surface area contributed by atoms with Crippen LogP contribution in [0.4, 0.5) is 4.79 Å². The third-order valence-electron chi connectivity index (χ3n) is 3.79.